The minimum absolute atomic E-state index is 0. The monoisotopic (exact) mass is 313 g/mol. The van der Waals surface area contributed by atoms with Gasteiger partial charge in [-0.15, -0.1) is 0 Å². The van der Waals surface area contributed by atoms with E-state index in [-0.39, 0.29) is 29.9 Å². The van der Waals surface area contributed by atoms with Crippen molar-refractivity contribution in [3.63, 3.8) is 0 Å². The van der Waals surface area contributed by atoms with Crippen LogP contribution >= 0.6 is 0 Å². The summed E-state index contributed by atoms with van der Waals surface area (Å²) in [5.41, 5.74) is 0.296. The molecule has 84 valence electrons. The molecule has 3 nitrogen and oxygen atoms in total. The van der Waals surface area contributed by atoms with Crippen LogP contribution in [-0.4, -0.2) is 44.7 Å². The summed E-state index contributed by atoms with van der Waals surface area (Å²) in [6.45, 7) is 3.18. The van der Waals surface area contributed by atoms with E-state index in [1.165, 1.54) is 19.8 Å². The van der Waals surface area contributed by atoms with Gasteiger partial charge in [-0.2, -0.15) is 0 Å². The smallest absolute Gasteiger partial charge is 0.302 e. The quantitative estimate of drug-likeness (QED) is 0.342. The number of esters is 1. The Kier molecular flexibility index (Phi) is 4.84. The number of rotatable bonds is 4. The van der Waals surface area contributed by atoms with Crippen LogP contribution < -0.4 is 24.0 Å². The van der Waals surface area contributed by atoms with Crippen molar-refractivity contribution in [2.45, 2.75) is 19.8 Å². The number of ether oxygens (including phenoxy) is 1. The van der Waals surface area contributed by atoms with E-state index >= 15 is 0 Å². The lowest BCUT2D eigenvalue weighted by Crippen LogP contribution is -3.00. The lowest BCUT2D eigenvalue weighted by atomic mass is 10.1. The first kappa shape index (κ1) is 14.2. The molecule has 0 bridgehead atoms. The molecular weight excluding hydrogens is 293 g/mol. The van der Waals surface area contributed by atoms with Crippen molar-refractivity contribution in [2.24, 2.45) is 5.41 Å². The number of carbonyl (C=O) groups excluding carboxylic acids is 1. The lowest BCUT2D eigenvalue weighted by molar-refractivity contribution is -0.875. The molecule has 0 aromatic rings. The fourth-order valence-electron chi connectivity index (χ4n) is 1.79. The van der Waals surface area contributed by atoms with Crippen molar-refractivity contribution in [3.05, 3.63) is 0 Å². The number of halogens is 1. The van der Waals surface area contributed by atoms with Crippen LogP contribution in [0.4, 0.5) is 0 Å². The summed E-state index contributed by atoms with van der Waals surface area (Å²) in [4.78, 5) is 10.7. The molecule has 0 saturated heterocycles. The van der Waals surface area contributed by atoms with E-state index in [1.54, 1.807) is 0 Å². The third kappa shape index (κ3) is 5.14. The van der Waals surface area contributed by atoms with Gasteiger partial charge in [-0.05, 0) is 12.8 Å². The second-order valence-electron chi connectivity index (χ2n) is 5.23. The molecule has 1 aliphatic rings. The molecule has 1 rings (SSSR count). The minimum atomic E-state index is -0.160. The number of carbonyl (C=O) groups is 1. The zero-order chi connectivity index (χ0) is 10.1. The van der Waals surface area contributed by atoms with Crippen molar-refractivity contribution >= 4 is 5.97 Å². The van der Waals surface area contributed by atoms with Crippen LogP contribution in [0.15, 0.2) is 0 Å². The van der Waals surface area contributed by atoms with Crippen molar-refractivity contribution in [1.82, 2.24) is 0 Å². The van der Waals surface area contributed by atoms with Crippen LogP contribution in [0.5, 0.6) is 0 Å². The number of nitrogens with zero attached hydrogens (tertiary/aromatic N) is 1. The normalized spacial score (nSPS) is 18.3. The molecular formula is C10H20INO2. The van der Waals surface area contributed by atoms with Gasteiger partial charge in [0, 0.05) is 6.92 Å². The molecule has 14 heavy (non-hydrogen) atoms. The van der Waals surface area contributed by atoms with Crippen molar-refractivity contribution in [1.29, 1.82) is 0 Å². The van der Waals surface area contributed by atoms with E-state index < -0.39 is 0 Å². The zero-order valence-corrected chi connectivity index (χ0v) is 11.6. The summed E-state index contributed by atoms with van der Waals surface area (Å²) >= 11 is 0. The maximum absolute atomic E-state index is 10.7. The van der Waals surface area contributed by atoms with Crippen LogP contribution in [0.3, 0.4) is 0 Å². The Morgan fingerprint density at radius 1 is 1.36 bits per heavy atom. The van der Waals surface area contributed by atoms with Gasteiger partial charge in [0.05, 0.1) is 33.1 Å². The second-order valence-corrected chi connectivity index (χ2v) is 5.23. The van der Waals surface area contributed by atoms with Crippen molar-refractivity contribution < 1.29 is 38.0 Å². The molecule has 0 radical (unpaired) electrons. The first-order valence-corrected chi connectivity index (χ1v) is 4.77. The maximum atomic E-state index is 10.7. The summed E-state index contributed by atoms with van der Waals surface area (Å²) in [5, 5.41) is 0. The molecule has 0 spiro atoms. The topological polar surface area (TPSA) is 26.3 Å². The van der Waals surface area contributed by atoms with Gasteiger partial charge in [0.2, 0.25) is 0 Å². The van der Waals surface area contributed by atoms with Crippen molar-refractivity contribution in [3.8, 4) is 0 Å². The average molecular weight is 313 g/mol. The van der Waals surface area contributed by atoms with Gasteiger partial charge in [0.25, 0.3) is 0 Å². The van der Waals surface area contributed by atoms with Gasteiger partial charge >= 0.3 is 5.97 Å². The molecule has 0 N–H and O–H groups in total. The third-order valence-electron chi connectivity index (χ3n) is 2.35. The van der Waals surface area contributed by atoms with E-state index in [2.05, 4.69) is 21.1 Å². The van der Waals surface area contributed by atoms with Crippen LogP contribution in [0, 0.1) is 5.41 Å². The van der Waals surface area contributed by atoms with Crippen LogP contribution in [0.2, 0.25) is 0 Å². The Balaban J connectivity index is 0.00000169. The molecule has 0 amide bonds. The molecule has 0 heterocycles. The largest absolute Gasteiger partial charge is 1.00 e. The standard InChI is InChI=1S/C10H20NO2.HI/c1-9(12)13-8-10(5-6-10)7-11(2,3)4;/h5-8H2,1-4H3;1H/q+1;/p-1. The molecule has 0 atom stereocenters. The van der Waals surface area contributed by atoms with Crippen LogP contribution in [0.1, 0.15) is 19.8 Å². The Bertz CT molecular complexity index is 207. The second kappa shape index (κ2) is 4.79. The Morgan fingerprint density at radius 2 is 1.86 bits per heavy atom. The predicted octanol–water partition coefficient (Wildman–Crippen LogP) is -1.96. The van der Waals surface area contributed by atoms with Gasteiger partial charge in [-0.1, -0.05) is 0 Å². The highest BCUT2D eigenvalue weighted by Crippen LogP contribution is 2.46. The van der Waals surface area contributed by atoms with Crippen LogP contribution in [0.25, 0.3) is 0 Å². The summed E-state index contributed by atoms with van der Waals surface area (Å²) in [6, 6.07) is 0. The maximum Gasteiger partial charge on any atom is 0.302 e. The molecule has 0 aromatic heterocycles. The molecule has 0 unspecified atom stereocenters. The van der Waals surface area contributed by atoms with Gasteiger partial charge < -0.3 is 33.2 Å². The molecule has 1 saturated carbocycles. The lowest BCUT2D eigenvalue weighted by Gasteiger charge is -2.28. The SMILES string of the molecule is CC(=O)OCC1(C[N+](C)(C)C)CC1.[I-]. The molecule has 0 aromatic carbocycles. The molecule has 1 aliphatic carbocycles. The predicted molar refractivity (Wildman–Crippen MR) is 51.2 cm³/mol. The highest BCUT2D eigenvalue weighted by Gasteiger charge is 2.48. The fourth-order valence-corrected chi connectivity index (χ4v) is 1.79. The summed E-state index contributed by atoms with van der Waals surface area (Å²) in [6.07, 6.45) is 2.41. The van der Waals surface area contributed by atoms with E-state index in [9.17, 15) is 4.79 Å². The van der Waals surface area contributed by atoms with Crippen LogP contribution in [-0.2, 0) is 9.53 Å². The summed E-state index contributed by atoms with van der Waals surface area (Å²) in [5.74, 6) is -0.160. The third-order valence-corrected chi connectivity index (χ3v) is 2.35. The highest BCUT2D eigenvalue weighted by molar-refractivity contribution is 5.65. The Hall–Kier alpha value is 0.160. The van der Waals surface area contributed by atoms with Gasteiger partial charge in [0.1, 0.15) is 6.61 Å². The molecule has 0 aliphatic heterocycles. The summed E-state index contributed by atoms with van der Waals surface area (Å²) in [7, 11) is 6.52. The Morgan fingerprint density at radius 3 is 2.14 bits per heavy atom. The Labute approximate surface area is 103 Å². The first-order valence-electron chi connectivity index (χ1n) is 4.77. The van der Waals surface area contributed by atoms with Crippen molar-refractivity contribution in [2.75, 3.05) is 34.3 Å². The van der Waals surface area contributed by atoms with Gasteiger partial charge in [-0.3, -0.25) is 4.79 Å². The van der Waals surface area contributed by atoms with E-state index in [1.807, 2.05) is 0 Å². The number of quaternary nitrogens is 1. The van der Waals surface area contributed by atoms with E-state index in [0.717, 1.165) is 11.0 Å². The number of hydrogen-bond acceptors (Lipinski definition) is 2. The minimum Gasteiger partial charge on any atom is -1.00 e. The molecule has 4 heteroatoms. The summed E-state index contributed by atoms with van der Waals surface area (Å²) < 4.78 is 6.01. The first-order chi connectivity index (χ1) is 5.83. The highest BCUT2D eigenvalue weighted by atomic mass is 127. The van der Waals surface area contributed by atoms with E-state index in [0.29, 0.717) is 12.0 Å². The van der Waals surface area contributed by atoms with Gasteiger partial charge in [0.15, 0.2) is 0 Å². The number of hydrogen-bond donors (Lipinski definition) is 0. The zero-order valence-electron chi connectivity index (χ0n) is 9.47. The van der Waals surface area contributed by atoms with Gasteiger partial charge in [-0.25, -0.2) is 0 Å². The average Bonchev–Trinajstić information content (AvgIpc) is 2.62. The molecule has 1 fully saturated rings. The fraction of sp³-hybridized carbons (Fsp3) is 0.900. The van der Waals surface area contributed by atoms with E-state index in [4.69, 9.17) is 4.74 Å².